The summed E-state index contributed by atoms with van der Waals surface area (Å²) in [6.07, 6.45) is 66.9. The van der Waals surface area contributed by atoms with Crippen LogP contribution < -0.4 is 10.2 Å². The zero-order chi connectivity index (χ0) is 51.3. The highest BCUT2D eigenvalue weighted by Gasteiger charge is 2.23. The lowest BCUT2D eigenvalue weighted by Crippen LogP contribution is -2.45. The topological polar surface area (TPSA) is 108 Å². The molecular formula is C61H121N2O6P. The number of aliphatic hydroxyl groups is 1. The van der Waals surface area contributed by atoms with Crippen LogP contribution in [-0.4, -0.2) is 68.5 Å². The van der Waals surface area contributed by atoms with Crippen LogP contribution in [0.15, 0.2) is 24.3 Å². The van der Waals surface area contributed by atoms with E-state index >= 15 is 0 Å². The molecule has 9 heteroatoms. The molecule has 0 aromatic rings. The molecule has 8 nitrogen and oxygen atoms in total. The molecule has 0 radical (unpaired) electrons. The molecule has 0 heterocycles. The van der Waals surface area contributed by atoms with Gasteiger partial charge in [-0.2, -0.15) is 0 Å². The highest BCUT2D eigenvalue weighted by Crippen LogP contribution is 2.38. The van der Waals surface area contributed by atoms with E-state index in [0.717, 1.165) is 38.5 Å². The van der Waals surface area contributed by atoms with E-state index in [1.165, 1.54) is 250 Å². The summed E-state index contributed by atoms with van der Waals surface area (Å²) >= 11 is 0. The Hall–Kier alpha value is -1.02. The van der Waals surface area contributed by atoms with Crippen LogP contribution in [0.25, 0.3) is 0 Å². The van der Waals surface area contributed by atoms with Crippen molar-refractivity contribution >= 4 is 13.7 Å². The third-order valence-corrected chi connectivity index (χ3v) is 15.1. The lowest BCUT2D eigenvalue weighted by molar-refractivity contribution is -0.870. The van der Waals surface area contributed by atoms with Gasteiger partial charge in [0.25, 0.3) is 7.82 Å². The smallest absolute Gasteiger partial charge is 0.268 e. The molecule has 0 bridgehead atoms. The van der Waals surface area contributed by atoms with Crippen LogP contribution in [0.2, 0.25) is 0 Å². The molecule has 0 saturated heterocycles. The van der Waals surface area contributed by atoms with Crippen molar-refractivity contribution in [3.63, 3.8) is 0 Å². The molecule has 0 rings (SSSR count). The van der Waals surface area contributed by atoms with Gasteiger partial charge in [0.2, 0.25) is 5.91 Å². The van der Waals surface area contributed by atoms with Gasteiger partial charge < -0.3 is 28.8 Å². The van der Waals surface area contributed by atoms with Crippen molar-refractivity contribution < 1.29 is 32.9 Å². The summed E-state index contributed by atoms with van der Waals surface area (Å²) in [5, 5.41) is 13.9. The highest BCUT2D eigenvalue weighted by atomic mass is 31.2. The quantitative estimate of drug-likeness (QED) is 0.0272. The molecule has 0 aromatic heterocycles. The van der Waals surface area contributed by atoms with Gasteiger partial charge in [-0.15, -0.1) is 0 Å². The predicted octanol–water partition coefficient (Wildman–Crippen LogP) is 18.1. The van der Waals surface area contributed by atoms with Gasteiger partial charge in [-0.05, 0) is 44.9 Å². The number of phosphoric ester groups is 1. The molecule has 0 saturated carbocycles. The lowest BCUT2D eigenvalue weighted by Gasteiger charge is -2.29. The number of unbranched alkanes of at least 4 members (excludes halogenated alkanes) is 42. The maximum atomic E-state index is 13.0. The van der Waals surface area contributed by atoms with E-state index < -0.39 is 20.0 Å². The first-order chi connectivity index (χ1) is 34.0. The minimum Gasteiger partial charge on any atom is -0.756 e. The number of amides is 1. The van der Waals surface area contributed by atoms with Gasteiger partial charge in [0.15, 0.2) is 0 Å². The van der Waals surface area contributed by atoms with E-state index in [1.54, 1.807) is 6.08 Å². The molecule has 3 atom stereocenters. The number of nitrogens with zero attached hydrogens (tertiary/aromatic N) is 1. The van der Waals surface area contributed by atoms with Crippen LogP contribution in [0.5, 0.6) is 0 Å². The molecule has 70 heavy (non-hydrogen) atoms. The van der Waals surface area contributed by atoms with Gasteiger partial charge in [0, 0.05) is 6.42 Å². The number of carbonyl (C=O) groups is 1. The first-order valence-electron chi connectivity index (χ1n) is 30.7. The summed E-state index contributed by atoms with van der Waals surface area (Å²) in [6, 6.07) is -0.887. The van der Waals surface area contributed by atoms with Crippen LogP contribution in [0.1, 0.15) is 309 Å². The second-order valence-corrected chi connectivity index (χ2v) is 23.8. The molecule has 0 fully saturated rings. The van der Waals surface area contributed by atoms with E-state index in [2.05, 4.69) is 31.3 Å². The summed E-state index contributed by atoms with van der Waals surface area (Å²) < 4.78 is 23.4. The molecule has 0 aliphatic rings. The van der Waals surface area contributed by atoms with Crippen molar-refractivity contribution in [2.24, 2.45) is 0 Å². The van der Waals surface area contributed by atoms with Gasteiger partial charge in [0.05, 0.1) is 39.9 Å². The second kappa shape index (κ2) is 52.8. The zero-order valence-electron chi connectivity index (χ0n) is 47.5. The number of quaternary nitrogens is 1. The van der Waals surface area contributed by atoms with E-state index in [-0.39, 0.29) is 19.1 Å². The van der Waals surface area contributed by atoms with E-state index in [9.17, 15) is 19.4 Å². The number of carbonyl (C=O) groups excluding carboxylic acids is 1. The van der Waals surface area contributed by atoms with E-state index in [4.69, 9.17) is 9.05 Å². The third-order valence-electron chi connectivity index (χ3n) is 14.2. The van der Waals surface area contributed by atoms with Crippen LogP contribution >= 0.6 is 7.82 Å². The van der Waals surface area contributed by atoms with Gasteiger partial charge in [-0.25, -0.2) is 0 Å². The molecule has 2 N–H and O–H groups in total. The summed E-state index contributed by atoms with van der Waals surface area (Å²) in [7, 11) is 1.27. The maximum absolute atomic E-state index is 13.0. The Balaban J connectivity index is 4.16. The maximum Gasteiger partial charge on any atom is 0.268 e. The largest absolute Gasteiger partial charge is 0.756 e. The molecule has 0 spiro atoms. The highest BCUT2D eigenvalue weighted by molar-refractivity contribution is 7.45. The minimum absolute atomic E-state index is 0.000450. The molecule has 3 unspecified atom stereocenters. The molecule has 0 aliphatic carbocycles. The van der Waals surface area contributed by atoms with Crippen LogP contribution in [0.3, 0.4) is 0 Å². The van der Waals surface area contributed by atoms with Crippen LogP contribution in [0, 0.1) is 0 Å². The van der Waals surface area contributed by atoms with Crippen molar-refractivity contribution in [1.29, 1.82) is 0 Å². The van der Waals surface area contributed by atoms with Gasteiger partial charge in [-0.3, -0.25) is 9.36 Å². The number of likely N-dealkylation sites (N-methyl/N-ethyl adjacent to an activating group) is 1. The summed E-state index contributed by atoms with van der Waals surface area (Å²) in [5.74, 6) is -0.194. The fourth-order valence-corrected chi connectivity index (χ4v) is 10.1. The van der Waals surface area contributed by atoms with Crippen molar-refractivity contribution in [2.75, 3.05) is 40.9 Å². The third kappa shape index (κ3) is 54.7. The Kier molecular flexibility index (Phi) is 52.1. The fourth-order valence-electron chi connectivity index (χ4n) is 9.33. The summed E-state index contributed by atoms with van der Waals surface area (Å²) in [4.78, 5) is 25.5. The Morgan fingerprint density at radius 1 is 0.486 bits per heavy atom. The lowest BCUT2D eigenvalue weighted by atomic mass is 10.0. The number of hydrogen-bond acceptors (Lipinski definition) is 6. The van der Waals surface area contributed by atoms with Crippen molar-refractivity contribution in [3.8, 4) is 0 Å². The molecule has 416 valence electrons. The normalized spacial score (nSPS) is 14.0. The Bertz CT molecular complexity index is 1190. The van der Waals surface area contributed by atoms with Gasteiger partial charge >= 0.3 is 0 Å². The van der Waals surface area contributed by atoms with Crippen molar-refractivity contribution in [3.05, 3.63) is 24.3 Å². The first kappa shape index (κ1) is 69.0. The molecule has 0 aliphatic heterocycles. The molecule has 1 amide bonds. The average Bonchev–Trinajstić information content (AvgIpc) is 3.32. The summed E-state index contributed by atoms with van der Waals surface area (Å²) in [5.41, 5.74) is 0. The van der Waals surface area contributed by atoms with Crippen molar-refractivity contribution in [1.82, 2.24) is 5.32 Å². The number of allylic oxidation sites excluding steroid dienone is 3. The number of nitrogens with one attached hydrogen (secondary N) is 1. The number of rotatable bonds is 57. The monoisotopic (exact) mass is 1010 g/mol. The van der Waals surface area contributed by atoms with Crippen LogP contribution in [0.4, 0.5) is 0 Å². The molecule has 0 aromatic carbocycles. The van der Waals surface area contributed by atoms with E-state index in [0.29, 0.717) is 17.4 Å². The molecular weight excluding hydrogens is 888 g/mol. The van der Waals surface area contributed by atoms with E-state index in [1.807, 2.05) is 27.2 Å². The Morgan fingerprint density at radius 3 is 1.11 bits per heavy atom. The first-order valence-corrected chi connectivity index (χ1v) is 32.2. The number of phosphoric acid groups is 1. The second-order valence-electron chi connectivity index (χ2n) is 22.4. The van der Waals surface area contributed by atoms with Crippen molar-refractivity contribution in [2.45, 2.75) is 321 Å². The minimum atomic E-state index is -4.60. The van der Waals surface area contributed by atoms with Crippen LogP contribution in [-0.2, 0) is 18.4 Å². The number of aliphatic hydroxyl groups excluding tert-OH is 1. The zero-order valence-corrected chi connectivity index (χ0v) is 48.4. The van der Waals surface area contributed by atoms with Gasteiger partial charge in [0.1, 0.15) is 13.2 Å². The summed E-state index contributed by atoms with van der Waals surface area (Å²) in [6.45, 7) is 4.70. The standard InChI is InChI=1S/C61H121N2O6P/c1-6-8-10-12-14-16-18-20-22-24-26-28-30-31-33-35-37-39-41-43-45-47-49-51-53-55-61(65)62-59(58-69-70(66,67)68-57-56-63(3,4)5)60(64)54-52-50-48-46-44-42-40-38-36-34-32-29-27-25-23-21-19-17-15-13-11-9-7-2/h31,33,52,54,59-60,64H,6-30,32,34-51,53,55-58H2,1-5H3,(H-,62,65,66,67)/b33-31-,54-52+. The average molecular weight is 1010 g/mol. The SMILES string of the molecule is CCCCCCCCCCCCCC/C=C\CCCCCCCCCCCC(=O)NC(COP(=O)([O-])OCC[N+](C)(C)C)C(O)/C=C/CCCCCCCCCCCCCCCCCCCCCCC. The Morgan fingerprint density at radius 2 is 0.786 bits per heavy atom. The fraction of sp³-hybridized carbons (Fsp3) is 0.918. The Labute approximate surface area is 436 Å². The van der Waals surface area contributed by atoms with Gasteiger partial charge in [-0.1, -0.05) is 282 Å². The predicted molar refractivity (Wildman–Crippen MR) is 302 cm³/mol. The number of hydrogen-bond donors (Lipinski definition) is 2.